The Labute approximate surface area is 109 Å². The van der Waals surface area contributed by atoms with Gasteiger partial charge in [-0.15, -0.1) is 0 Å². The number of anilines is 1. The quantitative estimate of drug-likeness (QED) is 0.808. The summed E-state index contributed by atoms with van der Waals surface area (Å²) in [7, 11) is 0. The third-order valence-corrected chi connectivity index (χ3v) is 3.25. The van der Waals surface area contributed by atoms with Crippen molar-refractivity contribution in [3.63, 3.8) is 0 Å². The lowest BCUT2D eigenvalue weighted by Crippen LogP contribution is -2.44. The molecule has 0 bridgehead atoms. The van der Waals surface area contributed by atoms with E-state index in [1.807, 2.05) is 12.3 Å². The lowest BCUT2D eigenvalue weighted by Gasteiger charge is -2.35. The molecule has 1 aliphatic heterocycles. The summed E-state index contributed by atoms with van der Waals surface area (Å²) in [6.07, 6.45) is 3.03. The third kappa shape index (κ3) is 3.21. The van der Waals surface area contributed by atoms with E-state index in [4.69, 9.17) is 4.74 Å². The van der Waals surface area contributed by atoms with Gasteiger partial charge in [0, 0.05) is 24.8 Å². The van der Waals surface area contributed by atoms with Gasteiger partial charge in [0.25, 0.3) is 0 Å². The first-order valence-electron chi connectivity index (χ1n) is 6.82. The number of hydrogen-bond donors (Lipinski definition) is 1. The van der Waals surface area contributed by atoms with Crippen LogP contribution in [0.2, 0.25) is 0 Å². The predicted octanol–water partition coefficient (Wildman–Crippen LogP) is 1.81. The fourth-order valence-corrected chi connectivity index (χ4v) is 2.27. The molecule has 0 spiro atoms. The van der Waals surface area contributed by atoms with Crippen LogP contribution in [-0.4, -0.2) is 37.3 Å². The van der Waals surface area contributed by atoms with Crippen molar-refractivity contribution in [2.24, 2.45) is 0 Å². The monoisotopic (exact) mass is 249 g/mol. The summed E-state index contributed by atoms with van der Waals surface area (Å²) in [5.74, 6) is 1.11. The van der Waals surface area contributed by atoms with E-state index in [1.54, 1.807) is 0 Å². The van der Waals surface area contributed by atoms with Gasteiger partial charge in [0.1, 0.15) is 5.82 Å². The average molecular weight is 249 g/mol. The van der Waals surface area contributed by atoms with Crippen LogP contribution in [0.4, 0.5) is 5.82 Å². The molecule has 0 saturated carbocycles. The zero-order valence-electron chi connectivity index (χ0n) is 11.4. The van der Waals surface area contributed by atoms with E-state index in [9.17, 15) is 0 Å². The highest BCUT2D eigenvalue weighted by Crippen LogP contribution is 2.21. The molecule has 0 amide bonds. The summed E-state index contributed by atoms with van der Waals surface area (Å²) in [6.45, 7) is 8.83. The number of pyridine rings is 1. The Balaban J connectivity index is 2.10. The first-order chi connectivity index (χ1) is 8.83. The number of ether oxygens (including phenoxy) is 1. The minimum atomic E-state index is 0.401. The van der Waals surface area contributed by atoms with Gasteiger partial charge in [0.05, 0.1) is 19.3 Å². The summed E-state index contributed by atoms with van der Waals surface area (Å²) in [5.41, 5.74) is 1.28. The van der Waals surface area contributed by atoms with E-state index >= 15 is 0 Å². The van der Waals surface area contributed by atoms with Crippen LogP contribution in [0.15, 0.2) is 18.3 Å². The molecule has 18 heavy (non-hydrogen) atoms. The molecule has 2 heterocycles. The van der Waals surface area contributed by atoms with Gasteiger partial charge in [-0.25, -0.2) is 4.98 Å². The predicted molar refractivity (Wildman–Crippen MR) is 73.9 cm³/mol. The number of nitrogens with one attached hydrogen (secondary N) is 1. The normalized spacial score (nSPS) is 20.1. The summed E-state index contributed by atoms with van der Waals surface area (Å²) >= 11 is 0. The van der Waals surface area contributed by atoms with Gasteiger partial charge in [-0.05, 0) is 26.0 Å². The highest BCUT2D eigenvalue weighted by atomic mass is 16.5. The van der Waals surface area contributed by atoms with Crippen LogP contribution in [0.5, 0.6) is 0 Å². The Morgan fingerprint density at radius 3 is 3.22 bits per heavy atom. The molecule has 1 saturated heterocycles. The largest absolute Gasteiger partial charge is 0.377 e. The third-order valence-electron chi connectivity index (χ3n) is 3.25. The van der Waals surface area contributed by atoms with Crippen LogP contribution in [-0.2, 0) is 11.3 Å². The molecule has 1 fully saturated rings. The Morgan fingerprint density at radius 2 is 2.44 bits per heavy atom. The summed E-state index contributed by atoms with van der Waals surface area (Å²) in [5, 5.41) is 3.45. The Morgan fingerprint density at radius 1 is 1.56 bits per heavy atom. The summed E-state index contributed by atoms with van der Waals surface area (Å²) in [6, 6.07) is 4.57. The van der Waals surface area contributed by atoms with Crippen molar-refractivity contribution in [3.8, 4) is 0 Å². The van der Waals surface area contributed by atoms with Gasteiger partial charge in [-0.3, -0.25) is 0 Å². The second-order valence-corrected chi connectivity index (χ2v) is 4.78. The second kappa shape index (κ2) is 6.71. The lowest BCUT2D eigenvalue weighted by molar-refractivity contribution is 0.0984. The Hall–Kier alpha value is -1.13. The minimum Gasteiger partial charge on any atom is -0.377 e. The van der Waals surface area contributed by atoms with Crippen molar-refractivity contribution >= 4 is 5.82 Å². The first kappa shape index (κ1) is 13.3. The maximum absolute atomic E-state index is 5.49. The number of rotatable bonds is 5. The fourth-order valence-electron chi connectivity index (χ4n) is 2.27. The van der Waals surface area contributed by atoms with Crippen molar-refractivity contribution in [1.29, 1.82) is 0 Å². The van der Waals surface area contributed by atoms with Crippen LogP contribution in [0.3, 0.4) is 0 Å². The number of morpholine rings is 1. The highest BCUT2D eigenvalue weighted by molar-refractivity contribution is 5.48. The topological polar surface area (TPSA) is 37.4 Å². The van der Waals surface area contributed by atoms with E-state index < -0.39 is 0 Å². The molecule has 0 radical (unpaired) electrons. The molecule has 4 nitrogen and oxygen atoms in total. The molecular formula is C14H23N3O. The molecule has 1 N–H and O–H groups in total. The van der Waals surface area contributed by atoms with Crippen LogP contribution >= 0.6 is 0 Å². The summed E-state index contributed by atoms with van der Waals surface area (Å²) in [4.78, 5) is 6.92. The molecule has 1 aliphatic rings. The molecule has 2 rings (SSSR count). The Kier molecular flexibility index (Phi) is 4.96. The SMILES string of the molecule is CCCNCc1cccnc1N1CCOCC1C. The van der Waals surface area contributed by atoms with Crippen LogP contribution in [0, 0.1) is 0 Å². The van der Waals surface area contributed by atoms with Gasteiger partial charge in [-0.1, -0.05) is 13.0 Å². The smallest absolute Gasteiger partial charge is 0.133 e. The number of nitrogens with zero attached hydrogens (tertiary/aromatic N) is 2. The number of hydrogen-bond acceptors (Lipinski definition) is 4. The van der Waals surface area contributed by atoms with Gasteiger partial charge in [0.15, 0.2) is 0 Å². The maximum Gasteiger partial charge on any atom is 0.133 e. The molecule has 1 aromatic heterocycles. The maximum atomic E-state index is 5.49. The van der Waals surface area contributed by atoms with Gasteiger partial charge >= 0.3 is 0 Å². The fraction of sp³-hybridized carbons (Fsp3) is 0.643. The molecule has 1 aromatic rings. The van der Waals surface area contributed by atoms with Gasteiger partial charge < -0.3 is 15.0 Å². The molecular weight excluding hydrogens is 226 g/mol. The van der Waals surface area contributed by atoms with Crippen molar-refractivity contribution in [2.45, 2.75) is 32.9 Å². The van der Waals surface area contributed by atoms with Gasteiger partial charge in [-0.2, -0.15) is 0 Å². The second-order valence-electron chi connectivity index (χ2n) is 4.78. The lowest BCUT2D eigenvalue weighted by atomic mass is 10.2. The molecule has 1 atom stereocenters. The van der Waals surface area contributed by atoms with E-state index in [-0.39, 0.29) is 0 Å². The average Bonchev–Trinajstić information content (AvgIpc) is 2.40. The van der Waals surface area contributed by atoms with E-state index in [2.05, 4.69) is 35.1 Å². The molecule has 0 aliphatic carbocycles. The Bertz CT molecular complexity index is 370. The van der Waals surface area contributed by atoms with Crippen molar-refractivity contribution in [2.75, 3.05) is 31.2 Å². The zero-order chi connectivity index (χ0) is 12.8. The van der Waals surface area contributed by atoms with Crippen molar-refractivity contribution < 1.29 is 4.74 Å². The first-order valence-corrected chi connectivity index (χ1v) is 6.82. The van der Waals surface area contributed by atoms with E-state index in [0.717, 1.165) is 45.1 Å². The van der Waals surface area contributed by atoms with E-state index in [1.165, 1.54) is 5.56 Å². The van der Waals surface area contributed by atoms with Crippen molar-refractivity contribution in [1.82, 2.24) is 10.3 Å². The molecule has 4 heteroatoms. The highest BCUT2D eigenvalue weighted by Gasteiger charge is 2.21. The van der Waals surface area contributed by atoms with Crippen molar-refractivity contribution in [3.05, 3.63) is 23.9 Å². The zero-order valence-corrected chi connectivity index (χ0v) is 11.4. The molecule has 100 valence electrons. The standard InChI is InChI=1S/C14H23N3O/c1-3-6-15-10-13-5-4-7-16-14(13)17-8-9-18-11-12(17)2/h4-5,7,12,15H,3,6,8-11H2,1-2H3. The van der Waals surface area contributed by atoms with Gasteiger partial charge in [0.2, 0.25) is 0 Å². The van der Waals surface area contributed by atoms with E-state index in [0.29, 0.717) is 6.04 Å². The van der Waals surface area contributed by atoms with Crippen LogP contribution in [0.25, 0.3) is 0 Å². The number of aromatic nitrogens is 1. The van der Waals surface area contributed by atoms with Crippen LogP contribution < -0.4 is 10.2 Å². The molecule has 0 aromatic carbocycles. The van der Waals surface area contributed by atoms with Crippen LogP contribution in [0.1, 0.15) is 25.8 Å². The summed E-state index contributed by atoms with van der Waals surface area (Å²) < 4.78 is 5.49. The molecule has 1 unspecified atom stereocenters. The minimum absolute atomic E-state index is 0.401.